The van der Waals surface area contributed by atoms with E-state index in [1.54, 1.807) is 11.8 Å². The quantitative estimate of drug-likeness (QED) is 0.301. The fraction of sp³-hybridized carbons (Fsp3) is 0.741. The van der Waals surface area contributed by atoms with Gasteiger partial charge in [-0.05, 0) is 114 Å². The fourth-order valence-corrected chi connectivity index (χ4v) is 6.59. The number of likely N-dealkylation sites (tertiary alicyclic amines) is 1. The van der Waals surface area contributed by atoms with Gasteiger partial charge in [-0.1, -0.05) is 12.1 Å². The van der Waals surface area contributed by atoms with Crippen LogP contribution in [0.25, 0.3) is 0 Å². The van der Waals surface area contributed by atoms with Crippen LogP contribution in [0.3, 0.4) is 0 Å². The van der Waals surface area contributed by atoms with E-state index in [9.17, 15) is 0 Å². The number of aliphatic imine (C=N–C) groups is 1. The Bertz CT molecular complexity index is 735. The number of anilines is 1. The number of rotatable bonds is 5. The molecule has 32 heavy (non-hydrogen) atoms. The van der Waals surface area contributed by atoms with Gasteiger partial charge in [-0.3, -0.25) is 0 Å². The molecule has 1 atom stereocenters. The van der Waals surface area contributed by atoms with Gasteiger partial charge in [-0.25, -0.2) is 4.99 Å². The van der Waals surface area contributed by atoms with Crippen molar-refractivity contribution in [2.24, 2.45) is 22.6 Å². The molecule has 3 aliphatic rings. The van der Waals surface area contributed by atoms with E-state index in [1.807, 2.05) is 0 Å². The third-order valence-electron chi connectivity index (χ3n) is 8.11. The van der Waals surface area contributed by atoms with Gasteiger partial charge in [0.05, 0.1) is 11.7 Å². The molecule has 4 rings (SSSR count). The molecule has 3 N–H and O–H groups in total. The van der Waals surface area contributed by atoms with Crippen molar-refractivity contribution in [2.75, 3.05) is 18.1 Å². The van der Waals surface area contributed by atoms with Crippen LogP contribution < -0.4 is 11.1 Å². The highest BCUT2D eigenvalue weighted by Gasteiger charge is 2.28. The largest absolute Gasteiger partial charge is 0.340 e. The SMILES string of the molecule is CSc1ccccc1NC(=NC1CCC(CC2CCC(N)CC2)CC1)N1CCCCC1C. The number of para-hydroxylation sites is 1. The Kier molecular flexibility index (Phi) is 8.82. The van der Waals surface area contributed by atoms with Gasteiger partial charge in [0, 0.05) is 23.5 Å². The zero-order valence-corrected chi connectivity index (χ0v) is 21.1. The second kappa shape index (κ2) is 11.8. The number of nitrogens with two attached hydrogens (primary N) is 1. The van der Waals surface area contributed by atoms with Crippen LogP contribution in [-0.4, -0.2) is 41.8 Å². The van der Waals surface area contributed by atoms with E-state index in [2.05, 4.69) is 47.7 Å². The van der Waals surface area contributed by atoms with E-state index in [-0.39, 0.29) is 0 Å². The Labute approximate surface area is 200 Å². The van der Waals surface area contributed by atoms with Crippen molar-refractivity contribution < 1.29 is 0 Å². The molecular formula is C27H44N4S. The maximum absolute atomic E-state index is 6.11. The van der Waals surface area contributed by atoms with Crippen molar-refractivity contribution in [3.05, 3.63) is 24.3 Å². The van der Waals surface area contributed by atoms with Crippen LogP contribution in [0.1, 0.15) is 84.0 Å². The predicted molar refractivity (Wildman–Crippen MR) is 140 cm³/mol. The first-order valence-corrected chi connectivity index (χ1v) is 14.3. The summed E-state index contributed by atoms with van der Waals surface area (Å²) in [5.41, 5.74) is 7.31. The molecule has 2 saturated carbocycles. The molecule has 2 aliphatic carbocycles. The average Bonchev–Trinajstić information content (AvgIpc) is 2.82. The average molecular weight is 457 g/mol. The summed E-state index contributed by atoms with van der Waals surface area (Å²) in [5.74, 6) is 2.95. The van der Waals surface area contributed by atoms with Gasteiger partial charge in [0.25, 0.3) is 0 Å². The third kappa shape index (κ3) is 6.44. The summed E-state index contributed by atoms with van der Waals surface area (Å²) in [4.78, 5) is 9.21. The molecule has 1 saturated heterocycles. The normalized spacial score (nSPS) is 32.0. The summed E-state index contributed by atoms with van der Waals surface area (Å²) in [7, 11) is 0. The van der Waals surface area contributed by atoms with E-state index in [4.69, 9.17) is 10.7 Å². The first kappa shape index (κ1) is 23.9. The summed E-state index contributed by atoms with van der Waals surface area (Å²) in [5, 5.41) is 3.77. The minimum absolute atomic E-state index is 0.462. The van der Waals surface area contributed by atoms with E-state index in [0.717, 1.165) is 24.3 Å². The van der Waals surface area contributed by atoms with Gasteiger partial charge in [0.2, 0.25) is 0 Å². The number of nitrogens with one attached hydrogen (secondary N) is 1. The van der Waals surface area contributed by atoms with Crippen LogP contribution >= 0.6 is 11.8 Å². The summed E-state index contributed by atoms with van der Waals surface area (Å²) in [6.45, 7) is 3.48. The molecule has 1 aromatic rings. The van der Waals surface area contributed by atoms with E-state index < -0.39 is 0 Å². The molecule has 3 fully saturated rings. The van der Waals surface area contributed by atoms with Crippen molar-refractivity contribution in [3.63, 3.8) is 0 Å². The Balaban J connectivity index is 1.40. The van der Waals surface area contributed by atoms with Crippen LogP contribution in [0, 0.1) is 11.8 Å². The predicted octanol–water partition coefficient (Wildman–Crippen LogP) is 6.52. The molecule has 178 valence electrons. The van der Waals surface area contributed by atoms with Gasteiger partial charge in [-0.15, -0.1) is 11.8 Å². The molecule has 0 aromatic heterocycles. The highest BCUT2D eigenvalue weighted by atomic mass is 32.2. The van der Waals surface area contributed by atoms with Crippen LogP contribution in [-0.2, 0) is 0 Å². The third-order valence-corrected chi connectivity index (χ3v) is 8.90. The lowest BCUT2D eigenvalue weighted by molar-refractivity contribution is 0.223. The lowest BCUT2D eigenvalue weighted by Crippen LogP contribution is -2.46. The molecule has 0 radical (unpaired) electrons. The van der Waals surface area contributed by atoms with E-state index in [0.29, 0.717) is 18.1 Å². The van der Waals surface area contributed by atoms with Gasteiger partial charge in [-0.2, -0.15) is 0 Å². The lowest BCUT2D eigenvalue weighted by atomic mass is 9.76. The second-order valence-corrected chi connectivity index (χ2v) is 11.4. The molecule has 0 spiro atoms. The monoisotopic (exact) mass is 456 g/mol. The Hall–Kier alpha value is -1.20. The highest BCUT2D eigenvalue weighted by Crippen LogP contribution is 2.36. The molecule has 0 amide bonds. The standard InChI is InChI=1S/C27H44N4S/c1-20-7-5-6-18-31(20)27(30-25-8-3-4-9-26(25)32-2)29-24-16-12-22(13-17-24)19-21-10-14-23(28)15-11-21/h3-4,8-9,20-24H,5-7,10-19,28H2,1-2H3,(H,29,30). The number of nitrogens with zero attached hydrogens (tertiary/aromatic N) is 2. The fourth-order valence-electron chi connectivity index (χ4n) is 6.04. The minimum atomic E-state index is 0.462. The number of guanidine groups is 1. The maximum Gasteiger partial charge on any atom is 0.199 e. The molecule has 1 aromatic carbocycles. The topological polar surface area (TPSA) is 53.6 Å². The van der Waals surface area contributed by atoms with Crippen LogP contribution in [0.5, 0.6) is 0 Å². The van der Waals surface area contributed by atoms with Crippen molar-refractivity contribution in [2.45, 2.75) is 107 Å². The molecule has 1 aliphatic heterocycles. The molecule has 1 unspecified atom stereocenters. The zero-order chi connectivity index (χ0) is 22.3. The number of thioether (sulfide) groups is 1. The van der Waals surface area contributed by atoms with E-state index in [1.165, 1.54) is 87.6 Å². The second-order valence-electron chi connectivity index (χ2n) is 10.5. The van der Waals surface area contributed by atoms with Crippen molar-refractivity contribution in [1.29, 1.82) is 0 Å². The maximum atomic E-state index is 6.11. The first-order valence-electron chi connectivity index (χ1n) is 13.1. The lowest BCUT2D eigenvalue weighted by Gasteiger charge is -2.37. The Morgan fingerprint density at radius 3 is 2.38 bits per heavy atom. The summed E-state index contributed by atoms with van der Waals surface area (Å²) in [6, 6.07) is 10.1. The molecule has 5 heteroatoms. The number of hydrogen-bond donors (Lipinski definition) is 2. The molecule has 4 nitrogen and oxygen atoms in total. The highest BCUT2D eigenvalue weighted by molar-refractivity contribution is 7.98. The summed E-state index contributed by atoms with van der Waals surface area (Å²) >= 11 is 1.80. The number of benzene rings is 1. The minimum Gasteiger partial charge on any atom is -0.340 e. The van der Waals surface area contributed by atoms with Crippen LogP contribution in [0.2, 0.25) is 0 Å². The molecule has 0 bridgehead atoms. The smallest absolute Gasteiger partial charge is 0.199 e. The van der Waals surface area contributed by atoms with Crippen molar-refractivity contribution >= 4 is 23.4 Å². The van der Waals surface area contributed by atoms with Gasteiger partial charge >= 0.3 is 0 Å². The van der Waals surface area contributed by atoms with E-state index >= 15 is 0 Å². The van der Waals surface area contributed by atoms with Gasteiger partial charge < -0.3 is 16.0 Å². The van der Waals surface area contributed by atoms with Gasteiger partial charge in [0.15, 0.2) is 5.96 Å². The summed E-state index contributed by atoms with van der Waals surface area (Å²) < 4.78 is 0. The Morgan fingerprint density at radius 1 is 1.00 bits per heavy atom. The van der Waals surface area contributed by atoms with Crippen molar-refractivity contribution in [3.8, 4) is 0 Å². The van der Waals surface area contributed by atoms with Crippen molar-refractivity contribution in [1.82, 2.24) is 4.90 Å². The number of piperidine rings is 1. The molecule has 1 heterocycles. The molecular weight excluding hydrogens is 412 g/mol. The Morgan fingerprint density at radius 2 is 1.69 bits per heavy atom. The van der Waals surface area contributed by atoms with Crippen LogP contribution in [0.15, 0.2) is 34.2 Å². The first-order chi connectivity index (χ1) is 15.6. The van der Waals surface area contributed by atoms with Gasteiger partial charge in [0.1, 0.15) is 0 Å². The van der Waals surface area contributed by atoms with Crippen LogP contribution in [0.4, 0.5) is 5.69 Å². The number of hydrogen-bond acceptors (Lipinski definition) is 3. The summed E-state index contributed by atoms with van der Waals surface area (Å²) in [6.07, 6.45) is 17.8. The zero-order valence-electron chi connectivity index (χ0n) is 20.3.